The minimum absolute atomic E-state index is 0.106. The average molecular weight is 342 g/mol. The van der Waals surface area contributed by atoms with Crippen molar-refractivity contribution in [2.24, 2.45) is 0 Å². The minimum Gasteiger partial charge on any atom is -0.388 e. The molecule has 1 aromatic heterocycles. The SMILES string of the molecule is C=C(/C=C(\C)N(CC)Cc1cnc[nH]1)[N+](=O)[O-].C=C(C)F.COC. The van der Waals surface area contributed by atoms with Crippen molar-refractivity contribution in [2.45, 2.75) is 27.3 Å². The molecule has 0 bridgehead atoms. The molecule has 0 aliphatic heterocycles. The van der Waals surface area contributed by atoms with E-state index in [0.717, 1.165) is 17.9 Å². The Kier molecular flexibility index (Phi) is 14.0. The van der Waals surface area contributed by atoms with Crippen LogP contribution in [0.2, 0.25) is 0 Å². The molecule has 0 aliphatic carbocycles. The lowest BCUT2D eigenvalue weighted by Crippen LogP contribution is -2.21. The number of methoxy groups -OCH3 is 1. The number of halogens is 1. The number of hydrogen-bond acceptors (Lipinski definition) is 5. The van der Waals surface area contributed by atoms with Crippen LogP contribution in [0, 0.1) is 10.1 Å². The van der Waals surface area contributed by atoms with E-state index in [9.17, 15) is 14.5 Å². The van der Waals surface area contributed by atoms with Crippen LogP contribution in [0.25, 0.3) is 0 Å². The second kappa shape index (κ2) is 14.1. The van der Waals surface area contributed by atoms with Crippen molar-refractivity contribution in [3.63, 3.8) is 0 Å². The molecule has 0 aliphatic rings. The Hall–Kier alpha value is -2.48. The molecule has 0 radical (unpaired) electrons. The van der Waals surface area contributed by atoms with Gasteiger partial charge in [-0.3, -0.25) is 10.1 Å². The smallest absolute Gasteiger partial charge is 0.264 e. The lowest BCUT2D eigenvalue weighted by molar-refractivity contribution is -0.418. The lowest BCUT2D eigenvalue weighted by Gasteiger charge is -2.22. The summed E-state index contributed by atoms with van der Waals surface area (Å²) in [5, 5.41) is 10.5. The zero-order chi connectivity index (χ0) is 19.1. The van der Waals surface area contributed by atoms with Crippen molar-refractivity contribution in [2.75, 3.05) is 20.8 Å². The van der Waals surface area contributed by atoms with E-state index in [1.807, 2.05) is 18.7 Å². The van der Waals surface area contributed by atoms with Crippen molar-refractivity contribution in [3.8, 4) is 0 Å². The van der Waals surface area contributed by atoms with E-state index < -0.39 is 4.92 Å². The molecule has 1 heterocycles. The third kappa shape index (κ3) is 13.2. The Balaban J connectivity index is 0. The van der Waals surface area contributed by atoms with Gasteiger partial charge in [-0.25, -0.2) is 9.37 Å². The first kappa shape index (κ1) is 23.8. The number of hydrogen-bond donors (Lipinski definition) is 1. The van der Waals surface area contributed by atoms with Crippen LogP contribution in [-0.4, -0.2) is 40.6 Å². The van der Waals surface area contributed by atoms with Crippen LogP contribution in [0.5, 0.6) is 0 Å². The Morgan fingerprint density at radius 3 is 2.33 bits per heavy atom. The molecule has 24 heavy (non-hydrogen) atoms. The summed E-state index contributed by atoms with van der Waals surface area (Å²) < 4.78 is 15.1. The minimum atomic E-state index is -0.493. The van der Waals surface area contributed by atoms with Gasteiger partial charge in [0.05, 0.1) is 29.3 Å². The van der Waals surface area contributed by atoms with Crippen LogP contribution in [0.15, 0.2) is 49.0 Å². The number of nitrogens with zero attached hydrogens (tertiary/aromatic N) is 3. The highest BCUT2D eigenvalue weighted by atomic mass is 19.1. The van der Waals surface area contributed by atoms with Gasteiger partial charge in [0.15, 0.2) is 0 Å². The summed E-state index contributed by atoms with van der Waals surface area (Å²) in [5.41, 5.74) is 1.67. The van der Waals surface area contributed by atoms with Crippen LogP contribution in [0.3, 0.4) is 0 Å². The van der Waals surface area contributed by atoms with Gasteiger partial charge >= 0.3 is 0 Å². The molecule has 1 aromatic rings. The molecule has 1 rings (SSSR count). The molecule has 7 nitrogen and oxygen atoms in total. The van der Waals surface area contributed by atoms with E-state index in [0.29, 0.717) is 6.54 Å². The van der Waals surface area contributed by atoms with Crippen molar-refractivity contribution in [3.05, 3.63) is 64.8 Å². The Morgan fingerprint density at radius 1 is 1.50 bits per heavy atom. The molecule has 0 saturated carbocycles. The number of aromatic amines is 1. The van der Waals surface area contributed by atoms with Gasteiger partial charge < -0.3 is 14.6 Å². The maximum atomic E-state index is 10.8. The third-order valence-corrected chi connectivity index (χ3v) is 2.41. The van der Waals surface area contributed by atoms with Gasteiger partial charge in [-0.2, -0.15) is 0 Å². The molecule has 0 saturated heterocycles. The Morgan fingerprint density at radius 2 is 2.00 bits per heavy atom. The first-order chi connectivity index (χ1) is 11.2. The second-order valence-corrected chi connectivity index (χ2v) is 4.71. The summed E-state index contributed by atoms with van der Waals surface area (Å²) in [6, 6.07) is 0. The highest BCUT2D eigenvalue weighted by molar-refractivity contribution is 5.13. The predicted molar refractivity (Wildman–Crippen MR) is 93.4 cm³/mol. The highest BCUT2D eigenvalue weighted by Crippen LogP contribution is 2.10. The summed E-state index contributed by atoms with van der Waals surface area (Å²) in [6.45, 7) is 12.8. The van der Waals surface area contributed by atoms with Crippen molar-refractivity contribution >= 4 is 0 Å². The number of rotatable bonds is 6. The Bertz CT molecular complexity index is 523. The van der Waals surface area contributed by atoms with E-state index in [4.69, 9.17) is 0 Å². The summed E-state index contributed by atoms with van der Waals surface area (Å²) >= 11 is 0. The molecule has 8 heteroatoms. The molecule has 0 amide bonds. The summed E-state index contributed by atoms with van der Waals surface area (Å²) in [6.07, 6.45) is 4.82. The number of ether oxygens (including phenoxy) is 1. The Labute approximate surface area is 142 Å². The molecular formula is C16H27FN4O3. The molecule has 0 spiro atoms. The zero-order valence-electron chi connectivity index (χ0n) is 15.0. The largest absolute Gasteiger partial charge is 0.388 e. The van der Waals surface area contributed by atoms with Crippen molar-refractivity contribution in [1.29, 1.82) is 0 Å². The third-order valence-electron chi connectivity index (χ3n) is 2.41. The number of allylic oxidation sites excluding steroid dienone is 3. The van der Waals surface area contributed by atoms with E-state index in [1.54, 1.807) is 26.7 Å². The lowest BCUT2D eigenvalue weighted by atomic mass is 10.3. The van der Waals surface area contributed by atoms with Gasteiger partial charge in [0, 0.05) is 38.7 Å². The van der Waals surface area contributed by atoms with Crippen molar-refractivity contribution < 1.29 is 14.1 Å². The fraction of sp³-hybridized carbons (Fsp3) is 0.438. The van der Waals surface area contributed by atoms with Crippen LogP contribution >= 0.6 is 0 Å². The van der Waals surface area contributed by atoms with Crippen LogP contribution < -0.4 is 0 Å². The number of nitro groups is 1. The molecule has 0 fully saturated rings. The number of imidazole rings is 1. The molecule has 136 valence electrons. The standard InChI is InChI=1S/C11H16N4O2.C3H5F.C2H6O/c1-4-14(7-11-6-12-8-13-11)9(2)5-10(3)15(16)17;1-3(2)4;1-3-2/h5-6,8H,3-4,7H2,1-2H3,(H,12,13);1H2,2H3;1-2H3/b9-5+;;. The topological polar surface area (TPSA) is 84.3 Å². The van der Waals surface area contributed by atoms with Crippen LogP contribution in [-0.2, 0) is 11.3 Å². The van der Waals surface area contributed by atoms with Gasteiger partial charge in [0.25, 0.3) is 5.70 Å². The van der Waals surface area contributed by atoms with E-state index in [-0.39, 0.29) is 11.5 Å². The van der Waals surface area contributed by atoms with Gasteiger partial charge in [0.1, 0.15) is 0 Å². The van der Waals surface area contributed by atoms with E-state index >= 15 is 0 Å². The van der Waals surface area contributed by atoms with Crippen LogP contribution in [0.1, 0.15) is 26.5 Å². The fourth-order valence-electron chi connectivity index (χ4n) is 1.45. The molecule has 1 N–H and O–H groups in total. The maximum absolute atomic E-state index is 10.8. The number of H-pyrrole nitrogens is 1. The molecule has 0 aromatic carbocycles. The zero-order valence-corrected chi connectivity index (χ0v) is 15.0. The fourth-order valence-corrected chi connectivity index (χ4v) is 1.45. The van der Waals surface area contributed by atoms with Gasteiger partial charge in [0.2, 0.25) is 0 Å². The summed E-state index contributed by atoms with van der Waals surface area (Å²) in [5.74, 6) is -0.333. The van der Waals surface area contributed by atoms with Crippen molar-refractivity contribution in [1.82, 2.24) is 14.9 Å². The molecular weight excluding hydrogens is 315 g/mol. The van der Waals surface area contributed by atoms with Gasteiger partial charge in [-0.15, -0.1) is 0 Å². The highest BCUT2D eigenvalue weighted by Gasteiger charge is 2.09. The van der Waals surface area contributed by atoms with Gasteiger partial charge in [-0.05, 0) is 27.4 Å². The number of aromatic nitrogens is 2. The second-order valence-electron chi connectivity index (χ2n) is 4.71. The first-order valence-electron chi connectivity index (χ1n) is 7.14. The quantitative estimate of drug-likeness (QED) is 0.484. The molecule has 0 unspecified atom stereocenters. The normalized spacial score (nSPS) is 9.83. The van der Waals surface area contributed by atoms with Gasteiger partial charge in [-0.1, -0.05) is 6.58 Å². The number of nitrogens with one attached hydrogen (secondary N) is 1. The van der Waals surface area contributed by atoms with E-state index in [2.05, 4.69) is 27.9 Å². The van der Waals surface area contributed by atoms with E-state index in [1.165, 1.54) is 13.0 Å². The summed E-state index contributed by atoms with van der Waals surface area (Å²) in [4.78, 5) is 18.9. The molecule has 0 atom stereocenters. The summed E-state index contributed by atoms with van der Waals surface area (Å²) in [7, 11) is 3.25. The van der Waals surface area contributed by atoms with Crippen LogP contribution in [0.4, 0.5) is 4.39 Å². The predicted octanol–water partition coefficient (Wildman–Crippen LogP) is 3.68. The monoisotopic (exact) mass is 342 g/mol. The average Bonchev–Trinajstić information content (AvgIpc) is 2.97. The first-order valence-corrected chi connectivity index (χ1v) is 7.14. The maximum Gasteiger partial charge on any atom is 0.264 e.